The minimum absolute atomic E-state index is 0.0157. The first-order chi connectivity index (χ1) is 9.82. The van der Waals surface area contributed by atoms with Crippen LogP contribution in [0.15, 0.2) is 18.2 Å². The molecule has 8 nitrogen and oxygen atoms in total. The highest BCUT2D eigenvalue weighted by Crippen LogP contribution is 2.25. The van der Waals surface area contributed by atoms with Crippen molar-refractivity contribution in [2.75, 3.05) is 0 Å². The summed E-state index contributed by atoms with van der Waals surface area (Å²) in [7, 11) is 0. The first-order valence-electron chi connectivity index (χ1n) is 6.24. The number of nitro groups is 2. The quantitative estimate of drug-likeness (QED) is 0.636. The number of nitro benzene ring substituents is 1. The van der Waals surface area contributed by atoms with Crippen LogP contribution in [0.2, 0.25) is 0 Å². The molecule has 0 saturated carbocycles. The monoisotopic (exact) mass is 290 g/mol. The largest absolute Gasteiger partial charge is 0.312 e. The predicted molar refractivity (Wildman–Crippen MR) is 75.3 cm³/mol. The lowest BCUT2D eigenvalue weighted by molar-refractivity contribution is -0.386. The van der Waals surface area contributed by atoms with E-state index in [1.54, 1.807) is 32.9 Å². The van der Waals surface area contributed by atoms with Crippen LogP contribution in [0.3, 0.4) is 0 Å². The number of benzene rings is 1. The van der Waals surface area contributed by atoms with Crippen molar-refractivity contribution in [1.29, 1.82) is 0 Å². The maximum atomic E-state index is 11.0. The Labute approximate surface area is 120 Å². The van der Waals surface area contributed by atoms with Crippen LogP contribution < -0.4 is 0 Å². The highest BCUT2D eigenvalue weighted by atomic mass is 16.6. The fourth-order valence-electron chi connectivity index (χ4n) is 2.31. The van der Waals surface area contributed by atoms with Crippen LogP contribution in [0, 0.1) is 41.0 Å². The molecule has 0 fully saturated rings. The van der Waals surface area contributed by atoms with Gasteiger partial charge in [0.15, 0.2) is 0 Å². The summed E-state index contributed by atoms with van der Waals surface area (Å²) < 4.78 is 1.50. The summed E-state index contributed by atoms with van der Waals surface area (Å²) in [5.74, 6) is 0. The molecule has 2 aromatic rings. The second-order valence-corrected chi connectivity index (χ2v) is 4.75. The molecule has 1 heterocycles. The lowest BCUT2D eigenvalue weighted by atomic mass is 10.1. The number of rotatable bonds is 4. The molecule has 2 rings (SSSR count). The number of aromatic nitrogens is 2. The average molecular weight is 290 g/mol. The third kappa shape index (κ3) is 2.60. The second-order valence-electron chi connectivity index (χ2n) is 4.75. The molecule has 1 aromatic heterocycles. The summed E-state index contributed by atoms with van der Waals surface area (Å²) >= 11 is 0. The molecular formula is C13H14N4O4. The molecule has 0 radical (unpaired) electrons. The van der Waals surface area contributed by atoms with E-state index in [9.17, 15) is 20.2 Å². The van der Waals surface area contributed by atoms with Crippen molar-refractivity contribution in [2.45, 2.75) is 27.3 Å². The van der Waals surface area contributed by atoms with Gasteiger partial charge in [-0.25, -0.2) is 0 Å². The number of nitrogens with zero attached hydrogens (tertiary/aromatic N) is 4. The minimum Gasteiger partial charge on any atom is -0.258 e. The van der Waals surface area contributed by atoms with E-state index >= 15 is 0 Å². The number of hydrogen-bond donors (Lipinski definition) is 0. The molecule has 0 aliphatic heterocycles. The van der Waals surface area contributed by atoms with Gasteiger partial charge in [0, 0.05) is 11.6 Å². The van der Waals surface area contributed by atoms with Crippen molar-refractivity contribution in [2.24, 2.45) is 0 Å². The Morgan fingerprint density at radius 3 is 2.33 bits per heavy atom. The topological polar surface area (TPSA) is 104 Å². The summed E-state index contributed by atoms with van der Waals surface area (Å²) in [6.45, 7) is 5.11. The maximum absolute atomic E-state index is 11.0. The third-order valence-electron chi connectivity index (χ3n) is 3.46. The Hall–Kier alpha value is -2.77. The van der Waals surface area contributed by atoms with Crippen molar-refractivity contribution in [3.05, 3.63) is 60.9 Å². The summed E-state index contributed by atoms with van der Waals surface area (Å²) in [5, 5.41) is 26.1. The van der Waals surface area contributed by atoms with Crippen molar-refractivity contribution in [1.82, 2.24) is 9.78 Å². The third-order valence-corrected chi connectivity index (χ3v) is 3.46. The summed E-state index contributed by atoms with van der Waals surface area (Å²) in [5.41, 5.74) is 2.04. The van der Waals surface area contributed by atoms with Crippen molar-refractivity contribution >= 4 is 11.4 Å². The first-order valence-corrected chi connectivity index (χ1v) is 6.24. The molecule has 0 amide bonds. The van der Waals surface area contributed by atoms with Gasteiger partial charge >= 0.3 is 5.69 Å². The zero-order valence-electron chi connectivity index (χ0n) is 11.9. The Balaban J connectivity index is 2.44. The maximum Gasteiger partial charge on any atom is 0.312 e. The molecule has 0 aliphatic carbocycles. The van der Waals surface area contributed by atoms with Crippen LogP contribution in [0.5, 0.6) is 0 Å². The van der Waals surface area contributed by atoms with Crippen LogP contribution in [0.4, 0.5) is 11.4 Å². The van der Waals surface area contributed by atoms with Crippen molar-refractivity contribution < 1.29 is 9.85 Å². The molecular weight excluding hydrogens is 276 g/mol. The summed E-state index contributed by atoms with van der Waals surface area (Å²) in [6.07, 6.45) is 0. The van der Waals surface area contributed by atoms with Gasteiger partial charge in [0.1, 0.15) is 11.4 Å². The highest BCUT2D eigenvalue weighted by Gasteiger charge is 2.22. The van der Waals surface area contributed by atoms with Crippen LogP contribution in [0.25, 0.3) is 0 Å². The molecule has 21 heavy (non-hydrogen) atoms. The van der Waals surface area contributed by atoms with E-state index in [4.69, 9.17) is 0 Å². The fourth-order valence-corrected chi connectivity index (χ4v) is 2.31. The van der Waals surface area contributed by atoms with E-state index in [1.165, 1.54) is 10.7 Å². The Morgan fingerprint density at radius 2 is 1.81 bits per heavy atom. The van der Waals surface area contributed by atoms with Crippen LogP contribution >= 0.6 is 0 Å². The van der Waals surface area contributed by atoms with Crippen LogP contribution in [-0.2, 0) is 6.54 Å². The smallest absolute Gasteiger partial charge is 0.258 e. The lowest BCUT2D eigenvalue weighted by Crippen LogP contribution is -2.07. The van der Waals surface area contributed by atoms with Crippen LogP contribution in [-0.4, -0.2) is 19.6 Å². The minimum atomic E-state index is -0.464. The molecule has 8 heteroatoms. The SMILES string of the molecule is Cc1nn(Cc2cccc([N+](=O)[O-])c2C)c(C)c1[N+](=O)[O-]. The van der Waals surface area contributed by atoms with Gasteiger partial charge in [0.2, 0.25) is 0 Å². The first kappa shape index (κ1) is 14.6. The van der Waals surface area contributed by atoms with Gasteiger partial charge in [-0.1, -0.05) is 12.1 Å². The van der Waals surface area contributed by atoms with Gasteiger partial charge in [-0.05, 0) is 26.3 Å². The van der Waals surface area contributed by atoms with E-state index in [0.717, 1.165) is 0 Å². The Morgan fingerprint density at radius 1 is 1.14 bits per heavy atom. The van der Waals surface area contributed by atoms with E-state index < -0.39 is 9.85 Å². The van der Waals surface area contributed by atoms with E-state index in [1.807, 2.05) is 0 Å². The number of hydrogen-bond acceptors (Lipinski definition) is 5. The lowest BCUT2D eigenvalue weighted by Gasteiger charge is -2.07. The van der Waals surface area contributed by atoms with Gasteiger partial charge in [-0.15, -0.1) is 0 Å². The van der Waals surface area contributed by atoms with E-state index in [2.05, 4.69) is 5.10 Å². The fraction of sp³-hybridized carbons (Fsp3) is 0.308. The molecule has 0 N–H and O–H groups in total. The molecule has 0 spiro atoms. The predicted octanol–water partition coefficient (Wildman–Crippen LogP) is 2.67. The Kier molecular flexibility index (Phi) is 3.70. The van der Waals surface area contributed by atoms with Gasteiger partial charge < -0.3 is 0 Å². The molecule has 0 saturated heterocycles. The molecule has 1 aromatic carbocycles. The van der Waals surface area contributed by atoms with Gasteiger partial charge in [0.05, 0.1) is 16.4 Å². The van der Waals surface area contributed by atoms with Gasteiger partial charge in [-0.2, -0.15) is 5.10 Å². The van der Waals surface area contributed by atoms with Crippen molar-refractivity contribution in [3.8, 4) is 0 Å². The molecule has 0 unspecified atom stereocenters. The zero-order valence-corrected chi connectivity index (χ0v) is 11.9. The molecule has 110 valence electrons. The average Bonchev–Trinajstić information content (AvgIpc) is 2.66. The molecule has 0 atom stereocenters. The van der Waals surface area contributed by atoms with E-state index in [0.29, 0.717) is 22.5 Å². The van der Waals surface area contributed by atoms with Gasteiger partial charge in [-0.3, -0.25) is 24.9 Å². The summed E-state index contributed by atoms with van der Waals surface area (Å²) in [4.78, 5) is 21.0. The standard InChI is InChI=1S/C13H14N4O4/c1-8-11(5-4-6-12(8)16(18)19)7-15-10(3)13(17(20)21)9(2)14-15/h4-6H,7H2,1-3H3. The normalized spacial score (nSPS) is 10.6. The number of aryl methyl sites for hydroxylation is 1. The van der Waals surface area contributed by atoms with Crippen LogP contribution in [0.1, 0.15) is 22.5 Å². The Bertz CT molecular complexity index is 736. The van der Waals surface area contributed by atoms with Crippen molar-refractivity contribution in [3.63, 3.8) is 0 Å². The zero-order chi connectivity index (χ0) is 15.7. The van der Waals surface area contributed by atoms with Gasteiger partial charge in [0.25, 0.3) is 5.69 Å². The highest BCUT2D eigenvalue weighted by molar-refractivity contribution is 5.45. The van der Waals surface area contributed by atoms with E-state index in [-0.39, 0.29) is 17.9 Å². The molecule has 0 aliphatic rings. The second kappa shape index (κ2) is 5.31. The summed E-state index contributed by atoms with van der Waals surface area (Å²) in [6, 6.07) is 4.79. The molecule has 0 bridgehead atoms.